The average Bonchev–Trinajstić information content (AvgIpc) is 3.21. The van der Waals surface area contributed by atoms with Gasteiger partial charge in [0, 0.05) is 25.3 Å². The summed E-state index contributed by atoms with van der Waals surface area (Å²) in [6, 6.07) is -0.609. The molecule has 158 valence electrons. The maximum atomic E-state index is 13.2. The lowest BCUT2D eigenvalue weighted by atomic mass is 9.90. The summed E-state index contributed by atoms with van der Waals surface area (Å²) in [6.45, 7) is 4.24. The van der Waals surface area contributed by atoms with Crippen molar-refractivity contribution in [2.24, 2.45) is 17.3 Å². The predicted octanol–water partition coefficient (Wildman–Crippen LogP) is 2.86. The minimum Gasteiger partial charge on any atom is -0.466 e. The number of esters is 1. The van der Waals surface area contributed by atoms with E-state index in [1.165, 1.54) is 0 Å². The summed E-state index contributed by atoms with van der Waals surface area (Å²) >= 11 is 0. The molecule has 0 bridgehead atoms. The molecule has 0 aromatic heterocycles. The van der Waals surface area contributed by atoms with Gasteiger partial charge in [-0.3, -0.25) is 14.4 Å². The number of amides is 1. The van der Waals surface area contributed by atoms with Crippen LogP contribution in [0.25, 0.3) is 0 Å². The first kappa shape index (κ1) is 21.3. The first-order valence-electron chi connectivity index (χ1n) is 11.1. The van der Waals surface area contributed by atoms with Crippen molar-refractivity contribution in [2.75, 3.05) is 13.2 Å². The first-order valence-corrected chi connectivity index (χ1v) is 11.1. The second kappa shape index (κ2) is 8.93. The van der Waals surface area contributed by atoms with Crippen molar-refractivity contribution in [3.63, 3.8) is 0 Å². The van der Waals surface area contributed by atoms with Crippen LogP contribution in [0.3, 0.4) is 0 Å². The summed E-state index contributed by atoms with van der Waals surface area (Å²) in [4.78, 5) is 40.4. The fraction of sp³-hybridized carbons (Fsp3) is 0.864. The van der Waals surface area contributed by atoms with Crippen LogP contribution in [0.5, 0.6) is 0 Å². The van der Waals surface area contributed by atoms with E-state index >= 15 is 0 Å². The van der Waals surface area contributed by atoms with Crippen molar-refractivity contribution < 1.29 is 24.2 Å². The third-order valence-electron chi connectivity index (χ3n) is 6.95. The van der Waals surface area contributed by atoms with Crippen LogP contribution in [-0.4, -0.2) is 53.0 Å². The molecule has 0 radical (unpaired) electrons. The largest absolute Gasteiger partial charge is 0.466 e. The van der Waals surface area contributed by atoms with Gasteiger partial charge in [0.15, 0.2) is 5.78 Å². The smallest absolute Gasteiger partial charge is 0.312 e. The van der Waals surface area contributed by atoms with Crippen LogP contribution in [0.2, 0.25) is 0 Å². The van der Waals surface area contributed by atoms with Gasteiger partial charge in [0.2, 0.25) is 5.91 Å². The van der Waals surface area contributed by atoms with Gasteiger partial charge in [0.1, 0.15) is 0 Å². The summed E-state index contributed by atoms with van der Waals surface area (Å²) < 4.78 is 5.31. The number of aliphatic hydroxyl groups is 1. The van der Waals surface area contributed by atoms with Crippen LogP contribution in [0.1, 0.15) is 78.1 Å². The summed E-state index contributed by atoms with van der Waals surface area (Å²) in [7, 11) is 0. The van der Waals surface area contributed by atoms with Gasteiger partial charge in [-0.25, -0.2) is 0 Å². The Hall–Kier alpha value is -1.43. The van der Waals surface area contributed by atoms with Crippen molar-refractivity contribution in [3.05, 3.63) is 0 Å². The molecule has 0 aromatic carbocycles. The highest BCUT2D eigenvalue weighted by molar-refractivity contribution is 5.95. The average molecular weight is 394 g/mol. The number of ether oxygens (including phenoxy) is 1. The molecular weight excluding hydrogens is 358 g/mol. The van der Waals surface area contributed by atoms with Crippen molar-refractivity contribution in [1.29, 1.82) is 0 Å². The molecule has 0 spiro atoms. The van der Waals surface area contributed by atoms with Crippen molar-refractivity contribution >= 4 is 17.7 Å². The highest BCUT2D eigenvalue weighted by Gasteiger charge is 2.62. The highest BCUT2D eigenvalue weighted by Crippen LogP contribution is 2.59. The summed E-state index contributed by atoms with van der Waals surface area (Å²) in [5.41, 5.74) is -0.707. The lowest BCUT2D eigenvalue weighted by molar-refractivity contribution is -0.153. The van der Waals surface area contributed by atoms with Crippen LogP contribution >= 0.6 is 0 Å². The molecule has 3 fully saturated rings. The number of carbonyl (C=O) groups is 3. The molecule has 1 amide bonds. The van der Waals surface area contributed by atoms with E-state index in [1.54, 1.807) is 11.8 Å². The third-order valence-corrected chi connectivity index (χ3v) is 6.95. The van der Waals surface area contributed by atoms with Crippen molar-refractivity contribution in [3.8, 4) is 0 Å². The maximum absolute atomic E-state index is 13.2. The third kappa shape index (κ3) is 4.42. The zero-order valence-electron chi connectivity index (χ0n) is 17.3. The minimum absolute atomic E-state index is 0.0395. The Bertz CT molecular complexity index is 606. The van der Waals surface area contributed by atoms with Gasteiger partial charge in [0.25, 0.3) is 0 Å². The van der Waals surface area contributed by atoms with E-state index in [4.69, 9.17) is 4.74 Å². The normalized spacial score (nSPS) is 37.5. The Labute approximate surface area is 168 Å². The molecule has 28 heavy (non-hydrogen) atoms. The Kier molecular flexibility index (Phi) is 6.79. The molecule has 1 saturated carbocycles. The van der Waals surface area contributed by atoms with Crippen LogP contribution in [0.4, 0.5) is 0 Å². The standard InChI is InChI=1S/C22H35NO5/c1-3-28-21(27)22-12-16(22)10-8-6-4-5-7-9-15(2)20(26)23-14-17(24)11-18(23)19(25)13-22/h15-18,24H,3-14H2,1-2H3/t15-,16+,17-,18-,22+/m0/s1. The number of rotatable bonds is 2. The van der Waals surface area contributed by atoms with Crippen molar-refractivity contribution in [2.45, 2.75) is 90.2 Å². The van der Waals surface area contributed by atoms with Gasteiger partial charge < -0.3 is 14.7 Å². The summed E-state index contributed by atoms with van der Waals surface area (Å²) in [5.74, 6) is -0.333. The fourth-order valence-electron chi connectivity index (χ4n) is 5.14. The monoisotopic (exact) mass is 393 g/mol. The van der Waals surface area contributed by atoms with Gasteiger partial charge in [-0.05, 0) is 32.1 Å². The molecule has 1 aliphatic carbocycles. The van der Waals surface area contributed by atoms with E-state index in [-0.39, 0.29) is 48.9 Å². The topological polar surface area (TPSA) is 83.9 Å². The van der Waals surface area contributed by atoms with Crippen LogP contribution in [0.15, 0.2) is 0 Å². The number of hydrogen-bond donors (Lipinski definition) is 1. The molecule has 1 N–H and O–H groups in total. The number of nitrogens with zero attached hydrogens (tertiary/aromatic N) is 1. The van der Waals surface area contributed by atoms with E-state index in [0.717, 1.165) is 44.9 Å². The molecule has 2 aliphatic heterocycles. The number of carbonyl (C=O) groups excluding carboxylic acids is 3. The molecule has 2 saturated heterocycles. The van der Waals surface area contributed by atoms with Crippen LogP contribution in [-0.2, 0) is 19.1 Å². The van der Waals surface area contributed by atoms with E-state index in [9.17, 15) is 19.5 Å². The molecule has 2 heterocycles. The van der Waals surface area contributed by atoms with E-state index in [1.807, 2.05) is 6.92 Å². The second-order valence-corrected chi connectivity index (χ2v) is 9.06. The Morgan fingerprint density at radius 1 is 1.18 bits per heavy atom. The van der Waals surface area contributed by atoms with E-state index in [0.29, 0.717) is 13.0 Å². The Morgan fingerprint density at radius 2 is 1.86 bits per heavy atom. The molecule has 0 aromatic rings. The summed E-state index contributed by atoms with van der Waals surface area (Å²) in [6.07, 6.45) is 7.69. The minimum atomic E-state index is -0.707. The summed E-state index contributed by atoms with van der Waals surface area (Å²) in [5, 5.41) is 10.1. The zero-order valence-corrected chi connectivity index (χ0v) is 17.3. The number of Topliss-reactive ketones (excluding diaryl/α,β-unsaturated/α-hetero) is 1. The molecule has 6 heteroatoms. The van der Waals surface area contributed by atoms with Gasteiger partial charge in [-0.15, -0.1) is 0 Å². The second-order valence-electron chi connectivity index (χ2n) is 9.06. The number of fused-ring (bicyclic) bond motifs is 2. The predicted molar refractivity (Wildman–Crippen MR) is 104 cm³/mol. The van der Waals surface area contributed by atoms with Gasteiger partial charge in [-0.2, -0.15) is 0 Å². The number of ketones is 1. The van der Waals surface area contributed by atoms with Gasteiger partial charge >= 0.3 is 5.97 Å². The zero-order chi connectivity index (χ0) is 20.3. The fourth-order valence-corrected chi connectivity index (χ4v) is 5.14. The maximum Gasteiger partial charge on any atom is 0.312 e. The lowest BCUT2D eigenvalue weighted by Crippen LogP contribution is -2.44. The molecule has 3 aliphatic rings. The van der Waals surface area contributed by atoms with Gasteiger partial charge in [0.05, 0.1) is 24.2 Å². The lowest BCUT2D eigenvalue weighted by Gasteiger charge is -2.27. The van der Waals surface area contributed by atoms with Crippen LogP contribution in [0, 0.1) is 17.3 Å². The molecule has 6 nitrogen and oxygen atoms in total. The quantitative estimate of drug-likeness (QED) is 0.730. The van der Waals surface area contributed by atoms with Crippen LogP contribution < -0.4 is 0 Å². The molecule has 0 unspecified atom stereocenters. The Balaban J connectivity index is 1.80. The molecular formula is C22H35NO5. The highest BCUT2D eigenvalue weighted by atomic mass is 16.5. The number of aliphatic hydroxyl groups excluding tert-OH is 1. The van der Waals surface area contributed by atoms with E-state index in [2.05, 4.69) is 0 Å². The van der Waals surface area contributed by atoms with Crippen molar-refractivity contribution in [1.82, 2.24) is 4.90 Å². The molecule has 3 rings (SSSR count). The SMILES string of the molecule is CCOC(=O)[C@]12CC(=O)[C@@H]3C[C@H](O)CN3C(=O)[C@@H](C)CCCCCCC[C@@H]1C2. The Morgan fingerprint density at radius 3 is 2.57 bits per heavy atom. The van der Waals surface area contributed by atoms with Gasteiger partial charge in [-0.1, -0.05) is 39.0 Å². The first-order chi connectivity index (χ1) is 13.4. The molecule has 5 atom stereocenters. The number of hydrogen-bond acceptors (Lipinski definition) is 5. The van der Waals surface area contributed by atoms with E-state index < -0.39 is 17.6 Å².